The van der Waals surface area contributed by atoms with Crippen molar-refractivity contribution in [2.24, 2.45) is 11.3 Å². The normalized spacial score (nSPS) is 18.9. The zero-order valence-electron chi connectivity index (χ0n) is 14.3. The molecule has 0 saturated carbocycles. The lowest BCUT2D eigenvalue weighted by Crippen LogP contribution is -2.48. The molecule has 1 aromatic rings. The maximum absolute atomic E-state index is 12.8. The van der Waals surface area contributed by atoms with Crippen LogP contribution in [-0.4, -0.2) is 35.0 Å². The number of halogens is 3. The van der Waals surface area contributed by atoms with E-state index in [9.17, 15) is 22.8 Å². The number of likely N-dealkylation sites (tertiary alicyclic amines) is 1. The molecule has 4 nitrogen and oxygen atoms in total. The van der Waals surface area contributed by atoms with Gasteiger partial charge in [-0.15, -0.1) is 0 Å². The summed E-state index contributed by atoms with van der Waals surface area (Å²) in [6.07, 6.45) is -2.90. The van der Waals surface area contributed by atoms with Crippen LogP contribution in [0.25, 0.3) is 0 Å². The number of alkyl halides is 3. The molecule has 138 valence electrons. The maximum atomic E-state index is 12.8. The molecule has 1 aromatic carbocycles. The summed E-state index contributed by atoms with van der Waals surface area (Å²) in [5.41, 5.74) is -0.904. The van der Waals surface area contributed by atoms with Gasteiger partial charge < -0.3 is 10.0 Å². The summed E-state index contributed by atoms with van der Waals surface area (Å²) in [5, 5.41) is 9.14. The molecule has 1 fully saturated rings. The third kappa shape index (κ3) is 4.74. The van der Waals surface area contributed by atoms with Crippen LogP contribution in [0, 0.1) is 11.3 Å². The number of hydrogen-bond acceptors (Lipinski definition) is 2. The quantitative estimate of drug-likeness (QED) is 0.896. The van der Waals surface area contributed by atoms with Gasteiger partial charge in [-0.2, -0.15) is 13.2 Å². The predicted molar refractivity (Wildman–Crippen MR) is 85.9 cm³/mol. The van der Waals surface area contributed by atoms with Gasteiger partial charge in [-0.1, -0.05) is 26.0 Å². The average Bonchev–Trinajstić information content (AvgIpc) is 2.53. The van der Waals surface area contributed by atoms with Crippen LogP contribution in [0.2, 0.25) is 0 Å². The molecule has 0 spiro atoms. The van der Waals surface area contributed by atoms with E-state index in [1.165, 1.54) is 12.1 Å². The Morgan fingerprint density at radius 1 is 1.20 bits per heavy atom. The van der Waals surface area contributed by atoms with E-state index in [0.717, 1.165) is 12.1 Å². The Balaban J connectivity index is 2.07. The van der Waals surface area contributed by atoms with Gasteiger partial charge in [-0.3, -0.25) is 9.59 Å². The molecular weight excluding hydrogens is 335 g/mol. The molecule has 0 aromatic heterocycles. The van der Waals surface area contributed by atoms with Crippen molar-refractivity contribution in [2.75, 3.05) is 13.1 Å². The summed E-state index contributed by atoms with van der Waals surface area (Å²) in [6.45, 7) is 4.17. The number of carboxylic acid groups (broad SMARTS) is 1. The first kappa shape index (κ1) is 19.3. The molecule has 7 heteroatoms. The first-order valence-electron chi connectivity index (χ1n) is 8.19. The highest BCUT2D eigenvalue weighted by Crippen LogP contribution is 2.31. The van der Waals surface area contributed by atoms with E-state index in [1.54, 1.807) is 18.7 Å². The average molecular weight is 357 g/mol. The van der Waals surface area contributed by atoms with E-state index in [1.807, 2.05) is 0 Å². The summed E-state index contributed by atoms with van der Waals surface area (Å²) < 4.78 is 37.9. The Morgan fingerprint density at radius 2 is 1.80 bits per heavy atom. The van der Waals surface area contributed by atoms with Crippen molar-refractivity contribution in [3.8, 4) is 0 Å². The molecule has 1 amide bonds. The van der Waals surface area contributed by atoms with Crippen molar-refractivity contribution in [3.05, 3.63) is 35.4 Å². The Bertz CT molecular complexity index is 638. The highest BCUT2D eigenvalue weighted by Gasteiger charge is 2.36. The molecule has 0 radical (unpaired) electrons. The summed E-state index contributed by atoms with van der Waals surface area (Å²) in [5.74, 6) is -1.63. The molecule has 0 aliphatic carbocycles. The number of nitrogens with zero attached hydrogens (tertiary/aromatic N) is 1. The monoisotopic (exact) mass is 357 g/mol. The zero-order chi connectivity index (χ0) is 18.8. The van der Waals surface area contributed by atoms with Gasteiger partial charge in [0.15, 0.2) is 0 Å². The fraction of sp³-hybridized carbons (Fsp3) is 0.556. The van der Waals surface area contributed by atoms with Crippen LogP contribution in [0.1, 0.15) is 37.8 Å². The number of piperidine rings is 1. The number of hydrogen-bond donors (Lipinski definition) is 1. The van der Waals surface area contributed by atoms with Crippen LogP contribution in [0.5, 0.6) is 0 Å². The second kappa shape index (κ2) is 7.06. The van der Waals surface area contributed by atoms with Crippen molar-refractivity contribution in [2.45, 2.75) is 39.3 Å². The lowest BCUT2D eigenvalue weighted by molar-refractivity contribution is -0.149. The van der Waals surface area contributed by atoms with Crippen LogP contribution in [-0.2, 0) is 22.2 Å². The lowest BCUT2D eigenvalue weighted by atomic mass is 9.83. The van der Waals surface area contributed by atoms with Gasteiger partial charge in [0, 0.05) is 18.5 Å². The highest BCUT2D eigenvalue weighted by atomic mass is 19.4. The number of rotatable bonds is 4. The Kier molecular flexibility index (Phi) is 5.44. The molecule has 1 N–H and O–H groups in total. The van der Waals surface area contributed by atoms with E-state index in [-0.39, 0.29) is 18.9 Å². The second-order valence-corrected chi connectivity index (χ2v) is 7.18. The summed E-state index contributed by atoms with van der Waals surface area (Å²) >= 11 is 0. The standard InChI is InChI=1S/C18H22F3NO3/c1-17(2,10-12-5-7-14(8-6-12)18(19,20)21)16(25)22-9-3-4-13(11-22)15(23)24/h5-8,13H,3-4,9-11H2,1-2H3,(H,23,24). The van der Waals surface area contributed by atoms with E-state index in [4.69, 9.17) is 5.11 Å². The van der Waals surface area contributed by atoms with Gasteiger partial charge in [-0.25, -0.2) is 0 Å². The fourth-order valence-corrected chi connectivity index (χ4v) is 3.19. The molecule has 1 unspecified atom stereocenters. The number of benzene rings is 1. The van der Waals surface area contributed by atoms with E-state index >= 15 is 0 Å². The predicted octanol–water partition coefficient (Wildman–Crippen LogP) is 3.60. The smallest absolute Gasteiger partial charge is 0.416 e. The summed E-state index contributed by atoms with van der Waals surface area (Å²) in [4.78, 5) is 25.5. The van der Waals surface area contributed by atoms with Crippen LogP contribution in [0.4, 0.5) is 13.2 Å². The highest BCUT2D eigenvalue weighted by molar-refractivity contribution is 5.83. The Morgan fingerprint density at radius 3 is 2.32 bits per heavy atom. The Hall–Kier alpha value is -2.05. The van der Waals surface area contributed by atoms with E-state index in [0.29, 0.717) is 24.9 Å². The minimum atomic E-state index is -4.39. The van der Waals surface area contributed by atoms with Crippen LogP contribution >= 0.6 is 0 Å². The number of aliphatic carboxylic acids is 1. The van der Waals surface area contributed by atoms with Crippen LogP contribution in [0.3, 0.4) is 0 Å². The lowest BCUT2D eigenvalue weighted by Gasteiger charge is -2.36. The molecule has 2 rings (SSSR count). The third-order valence-corrected chi connectivity index (χ3v) is 4.56. The first-order valence-corrected chi connectivity index (χ1v) is 8.19. The molecule has 1 saturated heterocycles. The van der Waals surface area contributed by atoms with Crippen molar-refractivity contribution >= 4 is 11.9 Å². The number of carboxylic acids is 1. The van der Waals surface area contributed by atoms with Crippen molar-refractivity contribution in [3.63, 3.8) is 0 Å². The van der Waals surface area contributed by atoms with Crippen LogP contribution in [0.15, 0.2) is 24.3 Å². The molecule has 1 heterocycles. The minimum absolute atomic E-state index is 0.168. The van der Waals surface area contributed by atoms with Gasteiger partial charge in [0.2, 0.25) is 5.91 Å². The van der Waals surface area contributed by atoms with Gasteiger partial charge in [0.05, 0.1) is 11.5 Å². The summed E-state index contributed by atoms with van der Waals surface area (Å²) in [7, 11) is 0. The minimum Gasteiger partial charge on any atom is -0.481 e. The van der Waals surface area contributed by atoms with Gasteiger partial charge in [0.25, 0.3) is 0 Å². The topological polar surface area (TPSA) is 57.6 Å². The molecule has 1 aliphatic rings. The van der Waals surface area contributed by atoms with Crippen LogP contribution < -0.4 is 0 Å². The third-order valence-electron chi connectivity index (χ3n) is 4.56. The Labute approximate surface area is 144 Å². The van der Waals surface area contributed by atoms with E-state index in [2.05, 4.69) is 0 Å². The molecule has 1 aliphatic heterocycles. The molecular formula is C18H22F3NO3. The maximum Gasteiger partial charge on any atom is 0.416 e. The van der Waals surface area contributed by atoms with Gasteiger partial charge in [-0.05, 0) is 37.0 Å². The molecule has 25 heavy (non-hydrogen) atoms. The van der Waals surface area contributed by atoms with E-state index < -0.39 is 29.0 Å². The fourth-order valence-electron chi connectivity index (χ4n) is 3.19. The summed E-state index contributed by atoms with van der Waals surface area (Å²) in [6, 6.07) is 4.79. The largest absolute Gasteiger partial charge is 0.481 e. The number of carbonyl (C=O) groups excluding carboxylic acids is 1. The van der Waals surface area contributed by atoms with Gasteiger partial charge >= 0.3 is 12.1 Å². The van der Waals surface area contributed by atoms with Crippen molar-refractivity contribution in [1.82, 2.24) is 4.90 Å². The number of carbonyl (C=O) groups is 2. The molecule has 0 bridgehead atoms. The SMILES string of the molecule is CC(C)(Cc1ccc(C(F)(F)F)cc1)C(=O)N1CCCC(C(=O)O)C1. The van der Waals surface area contributed by atoms with Crippen molar-refractivity contribution < 1.29 is 27.9 Å². The van der Waals surface area contributed by atoms with Crippen molar-refractivity contribution in [1.29, 1.82) is 0 Å². The number of amides is 1. The zero-order valence-corrected chi connectivity index (χ0v) is 14.3. The van der Waals surface area contributed by atoms with Gasteiger partial charge in [0.1, 0.15) is 0 Å². The molecule has 1 atom stereocenters. The first-order chi connectivity index (χ1) is 11.5. The second-order valence-electron chi connectivity index (χ2n) is 7.18.